The van der Waals surface area contributed by atoms with Gasteiger partial charge in [0, 0.05) is 18.0 Å². The fraction of sp³-hybridized carbons (Fsp3) is 0.941. The van der Waals surface area contributed by atoms with Crippen LogP contribution < -0.4 is 0 Å². The second-order valence-corrected chi connectivity index (χ2v) is 8.81. The van der Waals surface area contributed by atoms with Gasteiger partial charge >= 0.3 is 0 Å². The Labute approximate surface area is 124 Å². The van der Waals surface area contributed by atoms with E-state index in [2.05, 4.69) is 25.7 Å². The van der Waals surface area contributed by atoms with Crippen LogP contribution >= 0.6 is 0 Å². The number of nitrogens with zero attached hydrogens (tertiary/aromatic N) is 1. The quantitative estimate of drug-likeness (QED) is 0.795. The summed E-state index contributed by atoms with van der Waals surface area (Å²) in [6.07, 6.45) is 3.41. The molecular formula is C17H31NO2. The van der Waals surface area contributed by atoms with Gasteiger partial charge in [0.05, 0.1) is 5.60 Å². The molecule has 0 N–H and O–H groups in total. The van der Waals surface area contributed by atoms with E-state index in [-0.39, 0.29) is 23.7 Å². The lowest BCUT2D eigenvalue weighted by molar-refractivity contribution is -0.139. The molecule has 0 atom stereocenters. The highest BCUT2D eigenvalue weighted by Gasteiger charge is 2.51. The number of hydrogen-bond donors (Lipinski definition) is 0. The van der Waals surface area contributed by atoms with Crippen LogP contribution in [0.15, 0.2) is 0 Å². The van der Waals surface area contributed by atoms with E-state index in [9.17, 15) is 4.79 Å². The Kier molecular flexibility index (Phi) is 4.07. The molecule has 2 fully saturated rings. The first kappa shape index (κ1) is 16.0. The molecule has 1 spiro atoms. The van der Waals surface area contributed by atoms with E-state index < -0.39 is 0 Å². The lowest BCUT2D eigenvalue weighted by Crippen LogP contribution is -2.47. The number of ketones is 1. The van der Waals surface area contributed by atoms with Gasteiger partial charge in [0.2, 0.25) is 0 Å². The molecule has 3 nitrogen and oxygen atoms in total. The van der Waals surface area contributed by atoms with E-state index >= 15 is 0 Å². The molecule has 0 aromatic heterocycles. The fourth-order valence-corrected chi connectivity index (χ4v) is 3.46. The molecule has 2 aliphatic rings. The topological polar surface area (TPSA) is 29.5 Å². The maximum atomic E-state index is 12.2. The average Bonchev–Trinajstić information content (AvgIpc) is 2.67. The van der Waals surface area contributed by atoms with E-state index in [0.717, 1.165) is 12.8 Å². The average molecular weight is 281 g/mol. The summed E-state index contributed by atoms with van der Waals surface area (Å²) in [5, 5.41) is 0. The molecule has 20 heavy (non-hydrogen) atoms. The fourth-order valence-electron chi connectivity index (χ4n) is 3.46. The van der Waals surface area contributed by atoms with E-state index in [1.165, 1.54) is 19.5 Å². The molecule has 0 aromatic carbocycles. The van der Waals surface area contributed by atoms with Crippen LogP contribution in [0.5, 0.6) is 0 Å². The van der Waals surface area contributed by atoms with Gasteiger partial charge in [-0.3, -0.25) is 9.69 Å². The summed E-state index contributed by atoms with van der Waals surface area (Å²) in [5.74, 6) is 0.553. The van der Waals surface area contributed by atoms with Crippen LogP contribution in [0.25, 0.3) is 0 Å². The Morgan fingerprint density at radius 3 is 2.25 bits per heavy atom. The summed E-state index contributed by atoms with van der Waals surface area (Å²) in [5.41, 5.74) is 0.469. The van der Waals surface area contributed by atoms with Crippen molar-refractivity contribution in [2.45, 2.75) is 71.9 Å². The molecule has 1 saturated carbocycles. The monoisotopic (exact) mass is 281 g/mol. The molecule has 116 valence electrons. The number of carbonyl (C=O) groups is 1. The molecule has 1 heterocycles. The van der Waals surface area contributed by atoms with Crippen LogP contribution in [0, 0.1) is 11.3 Å². The SMILES string of the molecule is CC(C)(C)OCC(=O)C1CC2(CCN(C(C)(C)C)C2)C1. The van der Waals surface area contributed by atoms with Crippen molar-refractivity contribution >= 4 is 5.78 Å². The van der Waals surface area contributed by atoms with E-state index in [4.69, 9.17) is 4.74 Å². The Morgan fingerprint density at radius 1 is 1.20 bits per heavy atom. The lowest BCUT2D eigenvalue weighted by atomic mass is 9.60. The normalized spacial score (nSPS) is 31.6. The van der Waals surface area contributed by atoms with Crippen LogP contribution in [0.2, 0.25) is 0 Å². The van der Waals surface area contributed by atoms with Crippen molar-refractivity contribution in [1.82, 2.24) is 4.90 Å². The minimum atomic E-state index is -0.215. The summed E-state index contributed by atoms with van der Waals surface area (Å²) in [6, 6.07) is 0. The number of hydrogen-bond acceptors (Lipinski definition) is 3. The minimum absolute atomic E-state index is 0.215. The van der Waals surface area contributed by atoms with Crippen LogP contribution in [-0.4, -0.2) is 41.5 Å². The number of rotatable bonds is 3. The number of Topliss-reactive ketones (excluding diaryl/α,β-unsaturated/α-hetero) is 1. The van der Waals surface area contributed by atoms with Crippen molar-refractivity contribution < 1.29 is 9.53 Å². The van der Waals surface area contributed by atoms with Gasteiger partial charge in [-0.15, -0.1) is 0 Å². The van der Waals surface area contributed by atoms with Gasteiger partial charge < -0.3 is 4.74 Å². The van der Waals surface area contributed by atoms with Gasteiger partial charge in [-0.05, 0) is 72.8 Å². The Morgan fingerprint density at radius 2 is 1.80 bits per heavy atom. The first-order valence-electron chi connectivity index (χ1n) is 7.93. The van der Waals surface area contributed by atoms with Gasteiger partial charge in [0.1, 0.15) is 6.61 Å². The predicted molar refractivity (Wildman–Crippen MR) is 81.8 cm³/mol. The zero-order chi connectivity index (χ0) is 15.2. The van der Waals surface area contributed by atoms with Gasteiger partial charge in [-0.25, -0.2) is 0 Å². The zero-order valence-corrected chi connectivity index (χ0v) is 14.1. The van der Waals surface area contributed by atoms with Crippen molar-refractivity contribution in [2.75, 3.05) is 19.7 Å². The maximum Gasteiger partial charge on any atom is 0.161 e. The number of likely N-dealkylation sites (tertiary alicyclic amines) is 1. The maximum absolute atomic E-state index is 12.2. The molecule has 0 radical (unpaired) electrons. The molecule has 0 unspecified atom stereocenters. The summed E-state index contributed by atoms with van der Waals surface area (Å²) < 4.78 is 5.61. The van der Waals surface area contributed by atoms with Gasteiger partial charge in [-0.2, -0.15) is 0 Å². The first-order valence-corrected chi connectivity index (χ1v) is 7.93. The number of carbonyl (C=O) groups excluding carboxylic acids is 1. The minimum Gasteiger partial charge on any atom is -0.368 e. The third kappa shape index (κ3) is 3.62. The highest BCUT2D eigenvalue weighted by Crippen LogP contribution is 2.53. The molecule has 1 aliphatic carbocycles. The van der Waals surface area contributed by atoms with Crippen LogP contribution in [0.3, 0.4) is 0 Å². The van der Waals surface area contributed by atoms with Crippen molar-refractivity contribution in [2.24, 2.45) is 11.3 Å². The summed E-state index contributed by atoms with van der Waals surface area (Å²) in [4.78, 5) is 14.7. The Hall–Kier alpha value is -0.410. The molecule has 1 aliphatic heterocycles. The standard InChI is InChI=1S/C17H31NO2/c1-15(2,3)18-8-7-17(12-18)9-13(10-17)14(19)11-20-16(4,5)6/h13H,7-12H2,1-6H3. The van der Waals surface area contributed by atoms with Gasteiger partial charge in [-0.1, -0.05) is 0 Å². The molecule has 2 rings (SSSR count). The molecular weight excluding hydrogens is 250 g/mol. The van der Waals surface area contributed by atoms with Crippen molar-refractivity contribution in [3.05, 3.63) is 0 Å². The molecule has 0 amide bonds. The zero-order valence-electron chi connectivity index (χ0n) is 14.1. The molecule has 0 bridgehead atoms. The van der Waals surface area contributed by atoms with E-state index in [1.54, 1.807) is 0 Å². The third-order valence-electron chi connectivity index (χ3n) is 4.85. The largest absolute Gasteiger partial charge is 0.368 e. The summed E-state index contributed by atoms with van der Waals surface area (Å²) in [6.45, 7) is 15.5. The van der Waals surface area contributed by atoms with Crippen molar-refractivity contribution in [3.63, 3.8) is 0 Å². The Balaban J connectivity index is 1.79. The second-order valence-electron chi connectivity index (χ2n) is 8.81. The second kappa shape index (κ2) is 5.10. The van der Waals surface area contributed by atoms with Gasteiger partial charge in [0.25, 0.3) is 0 Å². The van der Waals surface area contributed by atoms with Crippen LogP contribution in [0.4, 0.5) is 0 Å². The highest BCUT2D eigenvalue weighted by atomic mass is 16.5. The Bertz CT molecular complexity index is 369. The summed E-state index contributed by atoms with van der Waals surface area (Å²) >= 11 is 0. The first-order chi connectivity index (χ1) is 9.01. The van der Waals surface area contributed by atoms with E-state index in [1.807, 2.05) is 20.8 Å². The van der Waals surface area contributed by atoms with Crippen molar-refractivity contribution in [1.29, 1.82) is 0 Å². The van der Waals surface area contributed by atoms with Crippen LogP contribution in [0.1, 0.15) is 60.8 Å². The van der Waals surface area contributed by atoms with E-state index in [0.29, 0.717) is 11.2 Å². The predicted octanol–water partition coefficient (Wildman–Crippen LogP) is 3.27. The van der Waals surface area contributed by atoms with Crippen molar-refractivity contribution in [3.8, 4) is 0 Å². The molecule has 0 aromatic rings. The van der Waals surface area contributed by atoms with Crippen LogP contribution in [-0.2, 0) is 9.53 Å². The molecule has 1 saturated heterocycles. The summed E-state index contributed by atoms with van der Waals surface area (Å²) in [7, 11) is 0. The molecule has 3 heteroatoms. The third-order valence-corrected chi connectivity index (χ3v) is 4.85. The lowest BCUT2D eigenvalue weighted by Gasteiger charge is -2.45. The number of ether oxygens (including phenoxy) is 1. The highest BCUT2D eigenvalue weighted by molar-refractivity contribution is 5.83. The smallest absolute Gasteiger partial charge is 0.161 e. The van der Waals surface area contributed by atoms with Gasteiger partial charge in [0.15, 0.2) is 5.78 Å².